The second-order valence-electron chi connectivity index (χ2n) is 4.47. The average Bonchev–Trinajstić information content (AvgIpc) is 2.66. The average molecular weight is 171 g/mol. The van der Waals surface area contributed by atoms with Crippen molar-refractivity contribution in [3.05, 3.63) is 0 Å². The van der Waals surface area contributed by atoms with Gasteiger partial charge in [0.15, 0.2) is 0 Å². The molecule has 1 fully saturated rings. The van der Waals surface area contributed by atoms with E-state index in [1.54, 1.807) is 0 Å². The molecule has 3 unspecified atom stereocenters. The van der Waals surface area contributed by atoms with Gasteiger partial charge >= 0.3 is 0 Å². The first-order chi connectivity index (χ1) is 5.65. The first-order valence-electron chi connectivity index (χ1n) is 5.01. The topological polar surface area (TPSA) is 46.2 Å². The molecule has 1 rings (SSSR count). The van der Waals surface area contributed by atoms with Gasteiger partial charge in [0.2, 0.25) is 0 Å². The summed E-state index contributed by atoms with van der Waals surface area (Å²) in [5.74, 6) is 2.14. The first-order valence-corrected chi connectivity index (χ1v) is 5.01. The Morgan fingerprint density at radius 3 is 2.67 bits per heavy atom. The van der Waals surface area contributed by atoms with Crippen LogP contribution in [-0.2, 0) is 0 Å². The van der Waals surface area contributed by atoms with Crippen LogP contribution in [0.5, 0.6) is 0 Å². The number of nitrogens with two attached hydrogens (primary N) is 1. The number of rotatable bonds is 5. The summed E-state index contributed by atoms with van der Waals surface area (Å²) >= 11 is 0. The molecule has 0 aromatic rings. The van der Waals surface area contributed by atoms with E-state index in [1.807, 2.05) is 0 Å². The molecule has 0 radical (unpaired) electrons. The SMILES string of the molecule is CC(C)CC(N)C1CC1CCO. The predicted octanol–water partition coefficient (Wildman–Crippen LogP) is 1.38. The molecule has 1 saturated carbocycles. The van der Waals surface area contributed by atoms with Crippen molar-refractivity contribution in [2.75, 3.05) is 6.61 Å². The van der Waals surface area contributed by atoms with E-state index in [4.69, 9.17) is 10.8 Å². The Morgan fingerprint density at radius 2 is 2.17 bits per heavy atom. The van der Waals surface area contributed by atoms with Crippen molar-refractivity contribution >= 4 is 0 Å². The van der Waals surface area contributed by atoms with Gasteiger partial charge in [0.1, 0.15) is 0 Å². The van der Waals surface area contributed by atoms with E-state index in [1.165, 1.54) is 6.42 Å². The third kappa shape index (κ3) is 2.76. The lowest BCUT2D eigenvalue weighted by molar-refractivity contribution is 0.274. The zero-order valence-electron chi connectivity index (χ0n) is 8.16. The molecule has 0 saturated heterocycles. The maximum Gasteiger partial charge on any atom is 0.0433 e. The Bertz CT molecular complexity index is 136. The van der Waals surface area contributed by atoms with Gasteiger partial charge in [-0.25, -0.2) is 0 Å². The van der Waals surface area contributed by atoms with Gasteiger partial charge < -0.3 is 10.8 Å². The smallest absolute Gasteiger partial charge is 0.0433 e. The highest BCUT2D eigenvalue weighted by atomic mass is 16.3. The lowest BCUT2D eigenvalue weighted by Crippen LogP contribution is -2.25. The van der Waals surface area contributed by atoms with Crippen LogP contribution in [0.2, 0.25) is 0 Å². The van der Waals surface area contributed by atoms with Gasteiger partial charge in [0.05, 0.1) is 0 Å². The van der Waals surface area contributed by atoms with Crippen LogP contribution in [0.4, 0.5) is 0 Å². The standard InChI is InChI=1S/C10H21NO/c1-7(2)5-10(11)9-6-8(9)3-4-12/h7-10,12H,3-6,11H2,1-2H3. The molecule has 0 amide bonds. The summed E-state index contributed by atoms with van der Waals surface area (Å²) in [7, 11) is 0. The highest BCUT2D eigenvalue weighted by molar-refractivity contribution is 4.93. The molecular weight excluding hydrogens is 150 g/mol. The molecule has 12 heavy (non-hydrogen) atoms. The molecule has 2 heteroatoms. The predicted molar refractivity (Wildman–Crippen MR) is 50.7 cm³/mol. The number of aliphatic hydroxyl groups is 1. The summed E-state index contributed by atoms with van der Waals surface area (Å²) in [6.45, 7) is 4.75. The van der Waals surface area contributed by atoms with Gasteiger partial charge in [-0.2, -0.15) is 0 Å². The van der Waals surface area contributed by atoms with Crippen LogP contribution < -0.4 is 5.73 Å². The molecule has 0 aromatic carbocycles. The summed E-state index contributed by atoms with van der Waals surface area (Å²) in [6.07, 6.45) is 3.33. The lowest BCUT2D eigenvalue weighted by atomic mass is 9.99. The summed E-state index contributed by atoms with van der Waals surface area (Å²) in [5, 5.41) is 8.72. The maximum absolute atomic E-state index is 8.72. The molecule has 1 aliphatic rings. The van der Waals surface area contributed by atoms with Crippen molar-refractivity contribution in [3.8, 4) is 0 Å². The second kappa shape index (κ2) is 4.24. The van der Waals surface area contributed by atoms with Crippen LogP contribution in [0.1, 0.15) is 33.1 Å². The fourth-order valence-corrected chi connectivity index (χ4v) is 2.01. The van der Waals surface area contributed by atoms with Gasteiger partial charge in [0.25, 0.3) is 0 Å². The molecule has 0 heterocycles. The van der Waals surface area contributed by atoms with Crippen LogP contribution in [0, 0.1) is 17.8 Å². The number of hydrogen-bond acceptors (Lipinski definition) is 2. The minimum Gasteiger partial charge on any atom is -0.396 e. The van der Waals surface area contributed by atoms with Gasteiger partial charge in [-0.1, -0.05) is 13.8 Å². The van der Waals surface area contributed by atoms with E-state index in [0.717, 1.165) is 18.8 Å². The molecule has 0 bridgehead atoms. The van der Waals surface area contributed by atoms with Gasteiger partial charge in [-0.3, -0.25) is 0 Å². The lowest BCUT2D eigenvalue weighted by Gasteiger charge is -2.13. The largest absolute Gasteiger partial charge is 0.396 e. The van der Waals surface area contributed by atoms with Gasteiger partial charge in [-0.15, -0.1) is 0 Å². The van der Waals surface area contributed by atoms with Crippen molar-refractivity contribution in [1.29, 1.82) is 0 Å². The fourth-order valence-electron chi connectivity index (χ4n) is 2.01. The third-order valence-electron chi connectivity index (χ3n) is 2.77. The van der Waals surface area contributed by atoms with E-state index < -0.39 is 0 Å². The normalized spacial score (nSPS) is 30.8. The first kappa shape index (κ1) is 10.0. The van der Waals surface area contributed by atoms with E-state index in [2.05, 4.69) is 13.8 Å². The summed E-state index contributed by atoms with van der Waals surface area (Å²) in [4.78, 5) is 0. The minimum atomic E-state index is 0.329. The Hall–Kier alpha value is -0.0800. The Labute approximate surface area is 75.2 Å². The molecular formula is C10H21NO. The van der Waals surface area contributed by atoms with Crippen molar-refractivity contribution in [2.45, 2.75) is 39.2 Å². The molecule has 3 N–H and O–H groups in total. The van der Waals surface area contributed by atoms with Gasteiger partial charge in [0, 0.05) is 12.6 Å². The van der Waals surface area contributed by atoms with Gasteiger partial charge in [-0.05, 0) is 37.0 Å². The highest BCUT2D eigenvalue weighted by Crippen LogP contribution is 2.44. The Kier molecular flexibility index (Phi) is 3.53. The Balaban J connectivity index is 2.14. The van der Waals surface area contributed by atoms with Crippen molar-refractivity contribution < 1.29 is 5.11 Å². The van der Waals surface area contributed by atoms with Crippen LogP contribution in [0.15, 0.2) is 0 Å². The Morgan fingerprint density at radius 1 is 1.50 bits per heavy atom. The van der Waals surface area contributed by atoms with Crippen molar-refractivity contribution in [2.24, 2.45) is 23.5 Å². The molecule has 0 spiro atoms. The van der Waals surface area contributed by atoms with Crippen LogP contribution in [0.25, 0.3) is 0 Å². The molecule has 3 atom stereocenters. The fraction of sp³-hybridized carbons (Fsp3) is 1.00. The third-order valence-corrected chi connectivity index (χ3v) is 2.77. The van der Waals surface area contributed by atoms with Crippen LogP contribution >= 0.6 is 0 Å². The highest BCUT2D eigenvalue weighted by Gasteiger charge is 2.40. The summed E-state index contributed by atoms with van der Waals surface area (Å²) in [6, 6.07) is 0.376. The second-order valence-corrected chi connectivity index (χ2v) is 4.47. The molecule has 1 aliphatic carbocycles. The van der Waals surface area contributed by atoms with Crippen molar-refractivity contribution in [1.82, 2.24) is 0 Å². The molecule has 0 aromatic heterocycles. The quantitative estimate of drug-likeness (QED) is 0.656. The summed E-state index contributed by atoms with van der Waals surface area (Å²) in [5.41, 5.74) is 6.02. The van der Waals surface area contributed by atoms with E-state index in [0.29, 0.717) is 24.5 Å². The maximum atomic E-state index is 8.72. The molecule has 2 nitrogen and oxygen atoms in total. The minimum absolute atomic E-state index is 0.329. The summed E-state index contributed by atoms with van der Waals surface area (Å²) < 4.78 is 0. The number of hydrogen-bond donors (Lipinski definition) is 2. The van der Waals surface area contributed by atoms with Crippen LogP contribution in [0.3, 0.4) is 0 Å². The molecule has 72 valence electrons. The zero-order valence-corrected chi connectivity index (χ0v) is 8.16. The van der Waals surface area contributed by atoms with Crippen LogP contribution in [-0.4, -0.2) is 17.8 Å². The van der Waals surface area contributed by atoms with E-state index >= 15 is 0 Å². The zero-order chi connectivity index (χ0) is 9.14. The molecule has 0 aliphatic heterocycles. The number of aliphatic hydroxyl groups excluding tert-OH is 1. The van der Waals surface area contributed by atoms with E-state index in [-0.39, 0.29) is 0 Å². The van der Waals surface area contributed by atoms with E-state index in [9.17, 15) is 0 Å². The van der Waals surface area contributed by atoms with Crippen molar-refractivity contribution in [3.63, 3.8) is 0 Å². The monoisotopic (exact) mass is 171 g/mol.